The number of hydrogen-bond donors (Lipinski definition) is 1. The Bertz CT molecular complexity index is 534. The van der Waals surface area contributed by atoms with E-state index in [1.807, 2.05) is 43.3 Å². The summed E-state index contributed by atoms with van der Waals surface area (Å²) in [6.45, 7) is 4.10. The van der Waals surface area contributed by atoms with Crippen LogP contribution in [0.25, 0.3) is 0 Å². The molecule has 0 radical (unpaired) electrons. The molecule has 0 fully saturated rings. The van der Waals surface area contributed by atoms with Crippen molar-refractivity contribution in [2.75, 3.05) is 5.32 Å². The van der Waals surface area contributed by atoms with E-state index in [1.54, 1.807) is 11.3 Å². The molecule has 1 aromatic heterocycles. The van der Waals surface area contributed by atoms with E-state index in [2.05, 4.69) is 18.3 Å². The maximum atomic E-state index is 9.20. The molecule has 1 N–H and O–H groups in total. The average Bonchev–Trinajstić information content (AvgIpc) is 2.75. The highest BCUT2D eigenvalue weighted by atomic mass is 32.1. The molecule has 2 rings (SSSR count). The van der Waals surface area contributed by atoms with Crippen molar-refractivity contribution in [1.82, 2.24) is 0 Å². The molecule has 1 atom stereocenters. The predicted octanol–water partition coefficient (Wildman–Crippen LogP) is 4.04. The van der Waals surface area contributed by atoms with Crippen LogP contribution in [-0.2, 0) is 0 Å². The fraction of sp³-hybridized carbons (Fsp3) is 0.214. The monoisotopic (exact) mass is 242 g/mol. The first-order valence-corrected chi connectivity index (χ1v) is 6.30. The van der Waals surface area contributed by atoms with Gasteiger partial charge in [-0.3, -0.25) is 0 Å². The lowest BCUT2D eigenvalue weighted by atomic mass is 10.2. The van der Waals surface area contributed by atoms with Crippen molar-refractivity contribution >= 4 is 17.0 Å². The van der Waals surface area contributed by atoms with E-state index in [0.29, 0.717) is 0 Å². The number of benzene rings is 1. The summed E-state index contributed by atoms with van der Waals surface area (Å²) >= 11 is 1.66. The van der Waals surface area contributed by atoms with Crippen LogP contribution in [0.15, 0.2) is 36.4 Å². The zero-order valence-corrected chi connectivity index (χ0v) is 10.7. The van der Waals surface area contributed by atoms with Gasteiger partial charge in [-0.1, -0.05) is 17.7 Å². The second-order valence-corrected chi connectivity index (χ2v) is 5.34. The van der Waals surface area contributed by atoms with Crippen molar-refractivity contribution in [3.63, 3.8) is 0 Å². The van der Waals surface area contributed by atoms with Gasteiger partial charge in [-0.25, -0.2) is 0 Å². The fourth-order valence-corrected chi connectivity index (χ4v) is 2.47. The Morgan fingerprint density at radius 1 is 1.12 bits per heavy atom. The van der Waals surface area contributed by atoms with Gasteiger partial charge < -0.3 is 5.32 Å². The highest BCUT2D eigenvalue weighted by molar-refractivity contribution is 7.12. The molecule has 2 aromatic rings. The van der Waals surface area contributed by atoms with Gasteiger partial charge in [0.2, 0.25) is 0 Å². The number of nitrogens with one attached hydrogen (secondary N) is 1. The van der Waals surface area contributed by atoms with E-state index < -0.39 is 0 Å². The molecule has 0 amide bonds. The second-order valence-electron chi connectivity index (χ2n) is 4.02. The average molecular weight is 242 g/mol. The second kappa shape index (κ2) is 5.03. The number of aryl methyl sites for hydroxylation is 2. The molecule has 1 aromatic carbocycles. The van der Waals surface area contributed by atoms with E-state index in [1.165, 1.54) is 10.4 Å². The molecule has 0 aliphatic carbocycles. The standard InChI is InChI=1S/C14H14N2S/c1-10-3-6-12(7-4-10)16-13(9-15)14-8-5-11(2)17-14/h3-8,13,16H,1-2H3. The summed E-state index contributed by atoms with van der Waals surface area (Å²) in [6.07, 6.45) is 0. The van der Waals surface area contributed by atoms with Crippen molar-refractivity contribution < 1.29 is 0 Å². The SMILES string of the molecule is Cc1ccc(NC(C#N)c2ccc(C)s2)cc1. The maximum Gasteiger partial charge on any atom is 0.149 e. The number of nitrogens with zero attached hydrogens (tertiary/aromatic N) is 1. The third-order valence-corrected chi connectivity index (χ3v) is 3.60. The van der Waals surface area contributed by atoms with Gasteiger partial charge in [0.25, 0.3) is 0 Å². The Morgan fingerprint density at radius 2 is 1.82 bits per heavy atom. The predicted molar refractivity (Wildman–Crippen MR) is 72.2 cm³/mol. The lowest BCUT2D eigenvalue weighted by molar-refractivity contribution is 1.03. The molecule has 0 saturated heterocycles. The van der Waals surface area contributed by atoms with Gasteiger partial charge in [0.1, 0.15) is 6.04 Å². The zero-order chi connectivity index (χ0) is 12.3. The zero-order valence-electron chi connectivity index (χ0n) is 9.90. The van der Waals surface area contributed by atoms with E-state index in [0.717, 1.165) is 10.6 Å². The lowest BCUT2D eigenvalue weighted by Gasteiger charge is -2.11. The summed E-state index contributed by atoms with van der Waals surface area (Å²) in [7, 11) is 0. The molecule has 1 heterocycles. The summed E-state index contributed by atoms with van der Waals surface area (Å²) in [5.41, 5.74) is 2.20. The molecule has 0 aliphatic heterocycles. The number of rotatable bonds is 3. The van der Waals surface area contributed by atoms with Crippen molar-refractivity contribution in [2.45, 2.75) is 19.9 Å². The summed E-state index contributed by atoms with van der Waals surface area (Å²) in [5, 5.41) is 12.4. The molecule has 3 heteroatoms. The first kappa shape index (κ1) is 11.7. The van der Waals surface area contributed by atoms with E-state index in [9.17, 15) is 5.26 Å². The Hall–Kier alpha value is -1.79. The Kier molecular flexibility index (Phi) is 3.46. The Balaban J connectivity index is 2.16. The molecule has 2 nitrogen and oxygen atoms in total. The highest BCUT2D eigenvalue weighted by Crippen LogP contribution is 2.25. The van der Waals surface area contributed by atoms with Crippen LogP contribution in [0.5, 0.6) is 0 Å². The third kappa shape index (κ3) is 2.86. The molecular weight excluding hydrogens is 228 g/mol. The van der Waals surface area contributed by atoms with Gasteiger partial charge in [-0.2, -0.15) is 5.26 Å². The van der Waals surface area contributed by atoms with Gasteiger partial charge in [0.05, 0.1) is 6.07 Å². The van der Waals surface area contributed by atoms with Crippen LogP contribution in [0.2, 0.25) is 0 Å². The topological polar surface area (TPSA) is 35.8 Å². The van der Waals surface area contributed by atoms with Crippen LogP contribution in [-0.4, -0.2) is 0 Å². The van der Waals surface area contributed by atoms with Gasteiger partial charge >= 0.3 is 0 Å². The first-order chi connectivity index (χ1) is 8.19. The third-order valence-electron chi connectivity index (χ3n) is 2.54. The van der Waals surface area contributed by atoms with Crippen LogP contribution in [0.1, 0.15) is 21.4 Å². The van der Waals surface area contributed by atoms with E-state index in [-0.39, 0.29) is 6.04 Å². The number of hydrogen-bond acceptors (Lipinski definition) is 3. The molecule has 0 aliphatic rings. The largest absolute Gasteiger partial charge is 0.366 e. The Morgan fingerprint density at radius 3 is 2.35 bits per heavy atom. The number of anilines is 1. The molecule has 86 valence electrons. The van der Waals surface area contributed by atoms with E-state index >= 15 is 0 Å². The summed E-state index contributed by atoms with van der Waals surface area (Å²) in [5.74, 6) is 0. The van der Waals surface area contributed by atoms with Gasteiger partial charge in [0.15, 0.2) is 0 Å². The van der Waals surface area contributed by atoms with Crippen molar-refractivity contribution in [1.29, 1.82) is 5.26 Å². The van der Waals surface area contributed by atoms with Crippen LogP contribution in [0.4, 0.5) is 5.69 Å². The van der Waals surface area contributed by atoms with Gasteiger partial charge in [-0.05, 0) is 38.1 Å². The minimum Gasteiger partial charge on any atom is -0.366 e. The van der Waals surface area contributed by atoms with Crippen molar-refractivity contribution in [2.24, 2.45) is 0 Å². The smallest absolute Gasteiger partial charge is 0.149 e. The number of thiophene rings is 1. The minimum absolute atomic E-state index is 0.267. The quantitative estimate of drug-likeness (QED) is 0.881. The van der Waals surface area contributed by atoms with Crippen molar-refractivity contribution in [3.05, 3.63) is 51.7 Å². The lowest BCUT2D eigenvalue weighted by Crippen LogP contribution is -2.06. The van der Waals surface area contributed by atoms with Crippen molar-refractivity contribution in [3.8, 4) is 6.07 Å². The van der Waals surface area contributed by atoms with Crippen LogP contribution in [0, 0.1) is 25.2 Å². The molecular formula is C14H14N2S. The molecule has 0 saturated carbocycles. The Labute approximate surface area is 106 Å². The van der Waals surface area contributed by atoms with Gasteiger partial charge in [-0.15, -0.1) is 11.3 Å². The summed E-state index contributed by atoms with van der Waals surface area (Å²) < 4.78 is 0. The fourth-order valence-electron chi connectivity index (χ4n) is 1.59. The van der Waals surface area contributed by atoms with Crippen LogP contribution < -0.4 is 5.32 Å². The van der Waals surface area contributed by atoms with Gasteiger partial charge in [0, 0.05) is 15.4 Å². The van der Waals surface area contributed by atoms with Crippen LogP contribution in [0.3, 0.4) is 0 Å². The molecule has 0 spiro atoms. The first-order valence-electron chi connectivity index (χ1n) is 5.48. The molecule has 1 unspecified atom stereocenters. The van der Waals surface area contributed by atoms with E-state index in [4.69, 9.17) is 0 Å². The number of nitriles is 1. The molecule has 17 heavy (non-hydrogen) atoms. The molecule has 0 bridgehead atoms. The summed E-state index contributed by atoms with van der Waals surface area (Å²) in [6, 6.07) is 14.2. The van der Waals surface area contributed by atoms with Crippen LogP contribution >= 0.6 is 11.3 Å². The highest BCUT2D eigenvalue weighted by Gasteiger charge is 2.11. The maximum absolute atomic E-state index is 9.20. The normalized spacial score (nSPS) is 11.8. The minimum atomic E-state index is -0.267. The summed E-state index contributed by atoms with van der Waals surface area (Å²) in [4.78, 5) is 2.29.